The summed E-state index contributed by atoms with van der Waals surface area (Å²) in [7, 11) is 0. The lowest BCUT2D eigenvalue weighted by Gasteiger charge is -2.17. The van der Waals surface area contributed by atoms with Crippen LogP contribution in [0, 0.1) is 5.92 Å². The summed E-state index contributed by atoms with van der Waals surface area (Å²) in [6.45, 7) is 9.09. The zero-order valence-corrected chi connectivity index (χ0v) is 23.2. The lowest BCUT2D eigenvalue weighted by atomic mass is 10.1. The summed E-state index contributed by atoms with van der Waals surface area (Å²) in [5, 5.41) is 7.12. The van der Waals surface area contributed by atoms with Gasteiger partial charge in [0.2, 0.25) is 0 Å². The minimum atomic E-state index is 0.495. The summed E-state index contributed by atoms with van der Waals surface area (Å²) in [6.07, 6.45) is 15.3. The largest absolute Gasteiger partial charge is 0.383 e. The third-order valence-corrected chi connectivity index (χ3v) is 7.39. The molecule has 0 aliphatic rings. The second-order valence-electron chi connectivity index (χ2n) is 10.3. The van der Waals surface area contributed by atoms with Crippen LogP contribution in [0.3, 0.4) is 0 Å². The quantitative estimate of drug-likeness (QED) is 0.195. The number of benzene rings is 2. The van der Waals surface area contributed by atoms with Crippen molar-refractivity contribution in [2.45, 2.75) is 110 Å². The molecule has 3 heteroatoms. The van der Waals surface area contributed by atoms with Crippen molar-refractivity contribution in [2.75, 3.05) is 16.4 Å². The van der Waals surface area contributed by atoms with Crippen molar-refractivity contribution >= 4 is 28.8 Å². The molecule has 2 nitrogen and oxygen atoms in total. The summed E-state index contributed by atoms with van der Waals surface area (Å²) in [5.41, 5.74) is 4.89. The van der Waals surface area contributed by atoms with Crippen molar-refractivity contribution in [2.24, 2.45) is 5.92 Å². The van der Waals surface area contributed by atoms with Gasteiger partial charge in [-0.1, -0.05) is 90.7 Å². The number of thioether (sulfide) groups is 1. The van der Waals surface area contributed by atoms with Crippen LogP contribution in [0.25, 0.3) is 0 Å². The molecule has 190 valence electrons. The van der Waals surface area contributed by atoms with Crippen molar-refractivity contribution in [1.82, 2.24) is 0 Å². The van der Waals surface area contributed by atoms with Crippen LogP contribution in [0.2, 0.25) is 0 Å². The number of rotatable bonds is 19. The molecule has 2 rings (SSSR count). The lowest BCUT2D eigenvalue weighted by Crippen LogP contribution is -2.17. The van der Waals surface area contributed by atoms with Crippen molar-refractivity contribution in [3.63, 3.8) is 0 Å². The molecule has 2 N–H and O–H groups in total. The van der Waals surface area contributed by atoms with Gasteiger partial charge in [0.15, 0.2) is 0 Å². The van der Waals surface area contributed by atoms with E-state index in [1.54, 1.807) is 0 Å². The molecule has 1 unspecified atom stereocenters. The van der Waals surface area contributed by atoms with Crippen LogP contribution in [-0.2, 0) is 5.75 Å². The zero-order valence-electron chi connectivity index (χ0n) is 22.4. The van der Waals surface area contributed by atoms with Crippen LogP contribution in [0.4, 0.5) is 17.1 Å². The van der Waals surface area contributed by atoms with Gasteiger partial charge < -0.3 is 10.6 Å². The maximum atomic E-state index is 3.59. The Morgan fingerprint density at radius 3 is 1.71 bits per heavy atom. The molecule has 0 saturated carbocycles. The van der Waals surface area contributed by atoms with E-state index in [2.05, 4.69) is 98.6 Å². The van der Waals surface area contributed by atoms with Gasteiger partial charge in [0.25, 0.3) is 0 Å². The first-order valence-corrected chi connectivity index (χ1v) is 15.0. The Hall–Kier alpha value is -1.61. The van der Waals surface area contributed by atoms with E-state index in [0.717, 1.165) is 17.1 Å². The normalized spacial score (nSPS) is 12.1. The van der Waals surface area contributed by atoms with Gasteiger partial charge in [0.05, 0.1) is 0 Å². The Labute approximate surface area is 215 Å². The molecule has 1 atom stereocenters. The summed E-state index contributed by atoms with van der Waals surface area (Å²) < 4.78 is 0. The fraction of sp³-hybridized carbons (Fsp3) is 0.613. The second kappa shape index (κ2) is 17.8. The van der Waals surface area contributed by atoms with Crippen molar-refractivity contribution in [1.29, 1.82) is 0 Å². The lowest BCUT2D eigenvalue weighted by molar-refractivity contribution is 0.540. The molecular weight excluding hydrogens is 432 g/mol. The summed E-state index contributed by atoms with van der Waals surface area (Å²) >= 11 is 2.08. The van der Waals surface area contributed by atoms with Crippen molar-refractivity contribution < 1.29 is 0 Å². The molecule has 0 aliphatic heterocycles. The molecule has 0 aliphatic carbocycles. The number of hydrogen-bond donors (Lipinski definition) is 2. The van der Waals surface area contributed by atoms with Crippen LogP contribution in [-0.4, -0.2) is 11.8 Å². The maximum Gasteiger partial charge on any atom is 0.0385 e. The molecular formula is C31H50N2S. The van der Waals surface area contributed by atoms with E-state index >= 15 is 0 Å². The fourth-order valence-electron chi connectivity index (χ4n) is 4.43. The Morgan fingerprint density at radius 2 is 1.15 bits per heavy atom. The number of hydrogen-bond acceptors (Lipinski definition) is 3. The van der Waals surface area contributed by atoms with Crippen molar-refractivity contribution in [3.8, 4) is 0 Å². The third-order valence-electron chi connectivity index (χ3n) is 6.28. The summed E-state index contributed by atoms with van der Waals surface area (Å²) in [6, 6.07) is 18.1. The average molecular weight is 483 g/mol. The van der Waals surface area contributed by atoms with Gasteiger partial charge in [-0.3, -0.25) is 0 Å². The first kappa shape index (κ1) is 28.6. The maximum absolute atomic E-state index is 3.59. The fourth-order valence-corrected chi connectivity index (χ4v) is 5.41. The zero-order chi connectivity index (χ0) is 24.4. The van der Waals surface area contributed by atoms with Gasteiger partial charge in [0, 0.05) is 28.9 Å². The SMILES string of the molecule is CCCCCCCCCCCCSCc1ccc(Nc2ccc(NC(C)CC(C)C)cc2)cc1. The van der Waals surface area contributed by atoms with Crippen LogP contribution in [0.15, 0.2) is 48.5 Å². The van der Waals surface area contributed by atoms with Gasteiger partial charge in [-0.2, -0.15) is 11.8 Å². The molecule has 0 aromatic heterocycles. The smallest absolute Gasteiger partial charge is 0.0385 e. The van der Waals surface area contributed by atoms with Gasteiger partial charge in [-0.05, 0) is 73.4 Å². The van der Waals surface area contributed by atoms with E-state index < -0.39 is 0 Å². The molecule has 0 fully saturated rings. The molecule has 0 bridgehead atoms. The molecule has 34 heavy (non-hydrogen) atoms. The molecule has 0 heterocycles. The average Bonchev–Trinajstić information content (AvgIpc) is 2.81. The number of unbranched alkanes of at least 4 members (excludes halogenated alkanes) is 9. The third kappa shape index (κ3) is 13.3. The van der Waals surface area contributed by atoms with Gasteiger partial charge in [-0.25, -0.2) is 0 Å². The molecule has 0 radical (unpaired) electrons. The molecule has 0 amide bonds. The van der Waals surface area contributed by atoms with Gasteiger partial charge in [-0.15, -0.1) is 0 Å². The molecule has 2 aromatic rings. The minimum absolute atomic E-state index is 0.495. The number of nitrogens with one attached hydrogen (secondary N) is 2. The summed E-state index contributed by atoms with van der Waals surface area (Å²) in [4.78, 5) is 0. The Kier molecular flexibility index (Phi) is 15.0. The summed E-state index contributed by atoms with van der Waals surface area (Å²) in [5.74, 6) is 3.11. The number of anilines is 3. The Balaban J connectivity index is 1.56. The second-order valence-corrected chi connectivity index (χ2v) is 11.4. The standard InChI is InChI=1S/C31H50N2S/c1-5-6-7-8-9-10-11-12-13-14-23-34-25-28-15-17-30(18-16-28)33-31-21-19-29(20-22-31)32-27(4)24-26(2)3/h15-22,26-27,32-33H,5-14,23-25H2,1-4H3. The van der Waals surface area contributed by atoms with E-state index in [0.29, 0.717) is 12.0 Å². The highest BCUT2D eigenvalue weighted by Gasteiger charge is 2.05. The van der Waals surface area contributed by atoms with Crippen molar-refractivity contribution in [3.05, 3.63) is 54.1 Å². The van der Waals surface area contributed by atoms with Crippen LogP contribution < -0.4 is 10.6 Å². The van der Waals surface area contributed by atoms with Gasteiger partial charge in [0.1, 0.15) is 0 Å². The monoisotopic (exact) mass is 482 g/mol. The highest BCUT2D eigenvalue weighted by molar-refractivity contribution is 7.98. The minimum Gasteiger partial charge on any atom is -0.383 e. The molecule has 0 spiro atoms. The van der Waals surface area contributed by atoms with E-state index in [1.165, 1.54) is 87.6 Å². The highest BCUT2D eigenvalue weighted by Crippen LogP contribution is 2.22. The Bertz CT molecular complexity index is 739. The van der Waals surface area contributed by atoms with E-state index in [-0.39, 0.29) is 0 Å². The van der Waals surface area contributed by atoms with E-state index in [9.17, 15) is 0 Å². The topological polar surface area (TPSA) is 24.1 Å². The van der Waals surface area contributed by atoms with Crippen LogP contribution >= 0.6 is 11.8 Å². The first-order chi connectivity index (χ1) is 16.6. The van der Waals surface area contributed by atoms with Crippen LogP contribution in [0.1, 0.15) is 104 Å². The first-order valence-electron chi connectivity index (χ1n) is 13.9. The van der Waals surface area contributed by atoms with E-state index in [4.69, 9.17) is 0 Å². The predicted molar refractivity (Wildman–Crippen MR) is 157 cm³/mol. The predicted octanol–water partition coefficient (Wildman–Crippen LogP) is 10.4. The molecule has 2 aromatic carbocycles. The molecule has 0 saturated heterocycles. The Morgan fingerprint density at radius 1 is 0.647 bits per heavy atom. The van der Waals surface area contributed by atoms with E-state index in [1.807, 2.05) is 0 Å². The van der Waals surface area contributed by atoms with Crippen LogP contribution in [0.5, 0.6) is 0 Å². The highest BCUT2D eigenvalue weighted by atomic mass is 32.2. The van der Waals surface area contributed by atoms with Gasteiger partial charge >= 0.3 is 0 Å².